The van der Waals surface area contributed by atoms with Crippen LogP contribution in [0.15, 0.2) is 21.0 Å². The van der Waals surface area contributed by atoms with E-state index in [9.17, 15) is 9.59 Å². The van der Waals surface area contributed by atoms with Crippen LogP contribution in [0, 0.1) is 0 Å². The lowest BCUT2D eigenvalue weighted by Gasteiger charge is -2.27. The van der Waals surface area contributed by atoms with Crippen molar-refractivity contribution in [3.8, 4) is 0 Å². The molecule has 7 heteroatoms. The van der Waals surface area contributed by atoms with Crippen LogP contribution in [-0.2, 0) is 0 Å². The molecule has 0 bridgehead atoms. The average molecular weight is 375 g/mol. The molecule has 3 atom stereocenters. The normalized spacial score (nSPS) is 23.9. The molecule has 0 aromatic carbocycles. The maximum atomic E-state index is 15.4. The van der Waals surface area contributed by atoms with Crippen LogP contribution in [0.2, 0.25) is 0 Å². The molecule has 26 heavy (non-hydrogen) atoms. The van der Waals surface area contributed by atoms with E-state index in [1.165, 1.54) is 11.3 Å². The molecule has 0 amide bonds. The van der Waals surface area contributed by atoms with Crippen LogP contribution in [0.4, 0.5) is 4.39 Å². The van der Waals surface area contributed by atoms with Crippen LogP contribution in [0.25, 0.3) is 11.1 Å². The Bertz CT molecular complexity index is 1120. The van der Waals surface area contributed by atoms with Gasteiger partial charge in [-0.25, -0.2) is 9.18 Å². The minimum Gasteiger partial charge on any atom is -0.324 e. The lowest BCUT2D eigenvalue weighted by atomic mass is 9.82. The molecule has 0 saturated heterocycles. The number of halogens is 1. The van der Waals surface area contributed by atoms with Gasteiger partial charge in [0.25, 0.3) is 5.56 Å². The van der Waals surface area contributed by atoms with Crippen LogP contribution >= 0.6 is 11.3 Å². The third-order valence-electron chi connectivity index (χ3n) is 5.44. The summed E-state index contributed by atoms with van der Waals surface area (Å²) in [5.74, 6) is -0.502. The minimum absolute atomic E-state index is 0.0924. The molecule has 5 nitrogen and oxygen atoms in total. The monoisotopic (exact) mass is 375 g/mol. The van der Waals surface area contributed by atoms with E-state index in [4.69, 9.17) is 5.73 Å². The number of fused-ring (bicyclic) bond motifs is 1. The highest BCUT2D eigenvalue weighted by atomic mass is 32.1. The first-order valence-electron chi connectivity index (χ1n) is 8.85. The number of nitrogens with two attached hydrogens (primary N) is 1. The summed E-state index contributed by atoms with van der Waals surface area (Å²) < 4.78 is 17.0. The number of rotatable bonds is 3. The lowest BCUT2D eigenvalue weighted by molar-refractivity contribution is 0.378. The van der Waals surface area contributed by atoms with Crippen molar-refractivity contribution in [2.75, 3.05) is 0 Å². The highest BCUT2D eigenvalue weighted by Gasteiger charge is 2.35. The number of nitrogens with one attached hydrogen (secondary N) is 1. The van der Waals surface area contributed by atoms with Gasteiger partial charge in [0.05, 0.1) is 10.6 Å². The van der Waals surface area contributed by atoms with Gasteiger partial charge >= 0.3 is 5.69 Å². The predicted molar refractivity (Wildman–Crippen MR) is 102 cm³/mol. The van der Waals surface area contributed by atoms with Gasteiger partial charge in [0.1, 0.15) is 6.17 Å². The molecule has 2 aromatic rings. The summed E-state index contributed by atoms with van der Waals surface area (Å²) in [6.45, 7) is 5.39. The van der Waals surface area contributed by atoms with E-state index < -0.39 is 23.3 Å². The molecule has 1 saturated carbocycles. The summed E-state index contributed by atoms with van der Waals surface area (Å²) in [6, 6.07) is 1.93. The Hall–Kier alpha value is -1.99. The Morgan fingerprint density at radius 1 is 1.31 bits per heavy atom. The lowest BCUT2D eigenvalue weighted by Crippen LogP contribution is -2.58. The third-order valence-corrected chi connectivity index (χ3v) is 6.60. The van der Waals surface area contributed by atoms with E-state index in [1.807, 2.05) is 25.3 Å². The van der Waals surface area contributed by atoms with Gasteiger partial charge in [0.15, 0.2) is 0 Å². The third kappa shape index (κ3) is 2.53. The van der Waals surface area contributed by atoms with Crippen LogP contribution in [-0.4, -0.2) is 15.7 Å². The number of hydrogen-bond acceptors (Lipinski definition) is 4. The number of aromatic amines is 1. The number of H-pyrrole nitrogens is 1. The quantitative estimate of drug-likeness (QED) is 0.852. The zero-order valence-electron chi connectivity index (χ0n) is 15.0. The summed E-state index contributed by atoms with van der Waals surface area (Å²) in [7, 11) is 0. The molecule has 2 aliphatic rings. The van der Waals surface area contributed by atoms with Crippen LogP contribution in [0.1, 0.15) is 62.1 Å². The second-order valence-corrected chi connectivity index (χ2v) is 8.34. The smallest absolute Gasteiger partial charge is 0.324 e. The molecule has 2 aromatic heterocycles. The van der Waals surface area contributed by atoms with E-state index in [0.29, 0.717) is 16.1 Å². The Morgan fingerprint density at radius 2 is 2.00 bits per heavy atom. The molecule has 3 unspecified atom stereocenters. The molecule has 2 heterocycles. The zero-order chi connectivity index (χ0) is 18.7. The van der Waals surface area contributed by atoms with Crippen molar-refractivity contribution in [3.63, 3.8) is 0 Å². The summed E-state index contributed by atoms with van der Waals surface area (Å²) in [5, 5.41) is 2.86. The maximum Gasteiger partial charge on any atom is 0.329 e. The molecule has 0 radical (unpaired) electrons. The van der Waals surface area contributed by atoms with Crippen LogP contribution in [0.3, 0.4) is 0 Å². The van der Waals surface area contributed by atoms with E-state index in [1.54, 1.807) is 11.5 Å². The van der Waals surface area contributed by atoms with Gasteiger partial charge in [0.2, 0.25) is 0 Å². The van der Waals surface area contributed by atoms with Gasteiger partial charge in [0, 0.05) is 22.9 Å². The number of nitrogens with zero attached hydrogens (tertiary/aromatic N) is 1. The fourth-order valence-electron chi connectivity index (χ4n) is 3.93. The highest BCUT2D eigenvalue weighted by Crippen LogP contribution is 2.38. The molecule has 3 N–H and O–H groups in total. The molecule has 0 aliphatic heterocycles. The number of aromatic nitrogens is 2. The van der Waals surface area contributed by atoms with E-state index >= 15 is 4.39 Å². The SMILES string of the molecule is CC1=c2c(=O)[nH]c(=O)n(C3CC3)c2=C(C)C(c2csc(C(C)N)c2)C1F. The fraction of sp³-hybridized carbons (Fsp3) is 0.474. The topological polar surface area (TPSA) is 80.9 Å². The van der Waals surface area contributed by atoms with Gasteiger partial charge in [-0.2, -0.15) is 0 Å². The second-order valence-electron chi connectivity index (χ2n) is 7.40. The van der Waals surface area contributed by atoms with Gasteiger partial charge in [-0.1, -0.05) is 0 Å². The standard InChI is InChI=1S/C19H22FN3O2S/c1-8-15-17(23(12-4-5-12)19(25)22-18(15)24)9(2)14(16(8)20)11-6-13(10(3)21)26-7-11/h6-7,10,12,14,16H,4-5,21H2,1-3H3,(H,22,24,25). The zero-order valence-corrected chi connectivity index (χ0v) is 15.8. The van der Waals surface area contributed by atoms with Crippen molar-refractivity contribution in [1.29, 1.82) is 0 Å². The van der Waals surface area contributed by atoms with E-state index in [-0.39, 0.29) is 12.1 Å². The van der Waals surface area contributed by atoms with Crippen molar-refractivity contribution in [1.82, 2.24) is 9.55 Å². The van der Waals surface area contributed by atoms with Crippen molar-refractivity contribution >= 4 is 22.5 Å². The van der Waals surface area contributed by atoms with Gasteiger partial charge in [-0.05, 0) is 61.8 Å². The molecule has 4 rings (SSSR count). The second kappa shape index (κ2) is 6.03. The first-order valence-corrected chi connectivity index (χ1v) is 9.73. The predicted octanol–water partition coefficient (Wildman–Crippen LogP) is 1.43. The maximum absolute atomic E-state index is 15.4. The molecular weight excluding hydrogens is 353 g/mol. The van der Waals surface area contributed by atoms with E-state index in [2.05, 4.69) is 4.98 Å². The first-order chi connectivity index (χ1) is 12.3. The molecule has 138 valence electrons. The molecule has 0 spiro atoms. The summed E-state index contributed by atoms with van der Waals surface area (Å²) >= 11 is 1.52. The fourth-order valence-corrected chi connectivity index (χ4v) is 4.83. The largest absolute Gasteiger partial charge is 0.329 e. The number of hydrogen-bond donors (Lipinski definition) is 2. The summed E-state index contributed by atoms with van der Waals surface area (Å²) in [6.07, 6.45) is 0.507. The van der Waals surface area contributed by atoms with Gasteiger partial charge in [-0.15, -0.1) is 11.3 Å². The van der Waals surface area contributed by atoms with Crippen molar-refractivity contribution < 1.29 is 4.39 Å². The average Bonchev–Trinajstić information content (AvgIpc) is 3.28. The molecule has 1 fully saturated rings. The van der Waals surface area contributed by atoms with Gasteiger partial charge < -0.3 is 5.73 Å². The van der Waals surface area contributed by atoms with Crippen molar-refractivity contribution in [2.45, 2.75) is 57.8 Å². The summed E-state index contributed by atoms with van der Waals surface area (Å²) in [5.41, 5.74) is 7.04. The van der Waals surface area contributed by atoms with Crippen LogP contribution in [0.5, 0.6) is 0 Å². The summed E-state index contributed by atoms with van der Waals surface area (Å²) in [4.78, 5) is 28.2. The minimum atomic E-state index is -1.30. The van der Waals surface area contributed by atoms with Crippen LogP contribution < -0.4 is 27.6 Å². The number of thiophene rings is 1. The molecular formula is C19H22FN3O2S. The van der Waals surface area contributed by atoms with Gasteiger partial charge in [-0.3, -0.25) is 14.3 Å². The molecule has 2 aliphatic carbocycles. The van der Waals surface area contributed by atoms with E-state index in [0.717, 1.165) is 28.9 Å². The highest BCUT2D eigenvalue weighted by molar-refractivity contribution is 7.10. The first kappa shape index (κ1) is 17.4. The Labute approximate surface area is 153 Å². The number of alkyl halides is 1. The van der Waals surface area contributed by atoms with Crippen molar-refractivity contribution in [3.05, 3.63) is 53.3 Å². The Morgan fingerprint density at radius 3 is 2.58 bits per heavy atom. The van der Waals surface area contributed by atoms with Crippen molar-refractivity contribution in [2.24, 2.45) is 5.73 Å². The Kier molecular flexibility index (Phi) is 4.04. The Balaban J connectivity index is 2.06.